The summed E-state index contributed by atoms with van der Waals surface area (Å²) < 4.78 is 35.0. The Bertz CT molecular complexity index is 881. The molecule has 142 valence electrons. The summed E-state index contributed by atoms with van der Waals surface area (Å²) >= 11 is 0. The monoisotopic (exact) mass is 377 g/mol. The fraction of sp³-hybridized carbons (Fsp3) is 0.526. The van der Waals surface area contributed by atoms with Crippen molar-refractivity contribution in [3.63, 3.8) is 0 Å². The molecule has 1 aliphatic heterocycles. The van der Waals surface area contributed by atoms with Crippen LogP contribution in [0.3, 0.4) is 0 Å². The minimum absolute atomic E-state index is 0.261. The smallest absolute Gasteiger partial charge is 0.246 e. The second-order valence-electron chi connectivity index (χ2n) is 7.11. The van der Waals surface area contributed by atoms with Gasteiger partial charge < -0.3 is 4.74 Å². The first kappa shape index (κ1) is 18.9. The Labute approximate surface area is 155 Å². The molecule has 1 fully saturated rings. The quantitative estimate of drug-likeness (QED) is 0.804. The van der Waals surface area contributed by atoms with Gasteiger partial charge in [-0.1, -0.05) is 6.07 Å². The lowest BCUT2D eigenvalue weighted by molar-refractivity contribution is 0.245. The highest BCUT2D eigenvalue weighted by Crippen LogP contribution is 2.30. The summed E-state index contributed by atoms with van der Waals surface area (Å²) in [4.78, 5) is 0.261. The van der Waals surface area contributed by atoms with E-state index in [-0.39, 0.29) is 4.90 Å². The maximum Gasteiger partial charge on any atom is 0.246 e. The number of benzene rings is 1. The van der Waals surface area contributed by atoms with Gasteiger partial charge in [-0.05, 0) is 63.3 Å². The van der Waals surface area contributed by atoms with Crippen LogP contribution in [0.2, 0.25) is 0 Å². The van der Waals surface area contributed by atoms with Gasteiger partial charge in [-0.3, -0.25) is 4.68 Å². The van der Waals surface area contributed by atoms with Crippen molar-refractivity contribution >= 4 is 10.0 Å². The molecule has 2 heterocycles. The number of hydrogen-bond acceptors (Lipinski definition) is 4. The number of hydrogen-bond donors (Lipinski definition) is 0. The number of sulfonamides is 1. The molecule has 1 aromatic carbocycles. The fourth-order valence-corrected chi connectivity index (χ4v) is 5.27. The molecule has 0 spiro atoms. The average molecular weight is 378 g/mol. The summed E-state index contributed by atoms with van der Waals surface area (Å²) in [5.74, 6) is 0.846. The third kappa shape index (κ3) is 3.78. The van der Waals surface area contributed by atoms with Crippen molar-refractivity contribution in [2.45, 2.75) is 45.1 Å². The first-order chi connectivity index (χ1) is 12.3. The van der Waals surface area contributed by atoms with Crippen molar-refractivity contribution < 1.29 is 13.2 Å². The van der Waals surface area contributed by atoms with Gasteiger partial charge in [0.1, 0.15) is 10.6 Å². The molecular weight excluding hydrogens is 350 g/mol. The molecule has 0 amide bonds. The van der Waals surface area contributed by atoms with Gasteiger partial charge in [-0.15, -0.1) is 0 Å². The molecule has 0 saturated carbocycles. The number of ether oxygens (including phenoxy) is 1. The van der Waals surface area contributed by atoms with Crippen LogP contribution in [-0.2, 0) is 16.6 Å². The Morgan fingerprint density at radius 1 is 1.15 bits per heavy atom. The molecule has 0 bridgehead atoms. The normalized spacial score (nSPS) is 16.8. The summed E-state index contributed by atoms with van der Waals surface area (Å²) in [6, 6.07) is 7.34. The third-order valence-corrected chi connectivity index (χ3v) is 6.96. The van der Waals surface area contributed by atoms with E-state index in [4.69, 9.17) is 4.74 Å². The van der Waals surface area contributed by atoms with E-state index >= 15 is 0 Å². The van der Waals surface area contributed by atoms with Gasteiger partial charge in [-0.25, -0.2) is 8.42 Å². The highest BCUT2D eigenvalue weighted by atomic mass is 32.2. The minimum Gasteiger partial charge on any atom is -0.495 e. The minimum atomic E-state index is -3.54. The number of aromatic nitrogens is 2. The van der Waals surface area contributed by atoms with Crippen LogP contribution in [0.25, 0.3) is 0 Å². The summed E-state index contributed by atoms with van der Waals surface area (Å²) in [6.07, 6.45) is 1.68. The van der Waals surface area contributed by atoms with Crippen LogP contribution in [0.15, 0.2) is 29.2 Å². The number of piperidine rings is 1. The highest BCUT2D eigenvalue weighted by Gasteiger charge is 2.31. The molecule has 0 atom stereocenters. The van der Waals surface area contributed by atoms with Crippen LogP contribution < -0.4 is 4.74 Å². The van der Waals surface area contributed by atoms with Crippen LogP contribution >= 0.6 is 0 Å². The van der Waals surface area contributed by atoms with E-state index in [0.717, 1.165) is 36.3 Å². The van der Waals surface area contributed by atoms with E-state index in [1.807, 2.05) is 24.6 Å². The van der Waals surface area contributed by atoms with Crippen molar-refractivity contribution in [3.8, 4) is 5.75 Å². The fourth-order valence-electron chi connectivity index (χ4n) is 3.56. The van der Waals surface area contributed by atoms with Crippen molar-refractivity contribution in [3.05, 3.63) is 41.2 Å². The maximum atomic E-state index is 13.1. The predicted octanol–water partition coefficient (Wildman–Crippen LogP) is 2.92. The van der Waals surface area contributed by atoms with E-state index < -0.39 is 10.0 Å². The molecule has 26 heavy (non-hydrogen) atoms. The molecular formula is C19H27N3O3S. The largest absolute Gasteiger partial charge is 0.495 e. The lowest BCUT2D eigenvalue weighted by Crippen LogP contribution is -2.39. The molecule has 1 saturated heterocycles. The Morgan fingerprint density at radius 2 is 1.85 bits per heavy atom. The maximum absolute atomic E-state index is 13.1. The van der Waals surface area contributed by atoms with E-state index in [1.54, 1.807) is 16.4 Å². The summed E-state index contributed by atoms with van der Waals surface area (Å²) in [6.45, 7) is 7.85. The van der Waals surface area contributed by atoms with Crippen LogP contribution in [0.1, 0.15) is 29.8 Å². The lowest BCUT2D eigenvalue weighted by atomic mass is 9.98. The molecule has 2 aromatic rings. The van der Waals surface area contributed by atoms with Gasteiger partial charge >= 0.3 is 0 Å². The summed E-state index contributed by atoms with van der Waals surface area (Å²) in [5, 5.41) is 4.52. The Balaban J connectivity index is 1.71. The van der Waals surface area contributed by atoms with Gasteiger partial charge in [0.15, 0.2) is 0 Å². The zero-order chi connectivity index (χ0) is 18.9. The molecule has 6 nitrogen and oxygen atoms in total. The second kappa shape index (κ2) is 7.40. The number of aryl methyl sites for hydroxylation is 3. The molecule has 1 aromatic heterocycles. The molecule has 0 aliphatic carbocycles. The van der Waals surface area contributed by atoms with Gasteiger partial charge in [-0.2, -0.15) is 9.40 Å². The molecule has 0 unspecified atom stereocenters. The zero-order valence-corrected chi connectivity index (χ0v) is 16.7. The van der Waals surface area contributed by atoms with E-state index in [0.29, 0.717) is 24.8 Å². The first-order valence-corrected chi connectivity index (χ1v) is 10.4. The van der Waals surface area contributed by atoms with Crippen molar-refractivity contribution in [1.82, 2.24) is 14.1 Å². The van der Waals surface area contributed by atoms with Crippen LogP contribution in [-0.4, -0.2) is 42.7 Å². The molecule has 1 aliphatic rings. The van der Waals surface area contributed by atoms with E-state index in [1.165, 1.54) is 7.11 Å². The van der Waals surface area contributed by atoms with E-state index in [9.17, 15) is 8.42 Å². The third-order valence-electron chi connectivity index (χ3n) is 5.04. The predicted molar refractivity (Wildman–Crippen MR) is 101 cm³/mol. The summed E-state index contributed by atoms with van der Waals surface area (Å²) in [7, 11) is -2.04. The molecule has 0 N–H and O–H groups in total. The van der Waals surface area contributed by atoms with Crippen LogP contribution in [0, 0.1) is 26.7 Å². The summed E-state index contributed by atoms with van der Waals surface area (Å²) in [5.41, 5.74) is 3.08. The first-order valence-electron chi connectivity index (χ1n) is 8.97. The van der Waals surface area contributed by atoms with Gasteiger partial charge in [0.25, 0.3) is 0 Å². The number of nitrogens with zero attached hydrogens (tertiary/aromatic N) is 3. The van der Waals surface area contributed by atoms with Crippen LogP contribution in [0.4, 0.5) is 0 Å². The Morgan fingerprint density at radius 3 is 2.42 bits per heavy atom. The van der Waals surface area contributed by atoms with Crippen molar-refractivity contribution in [2.24, 2.45) is 5.92 Å². The second-order valence-corrected chi connectivity index (χ2v) is 9.02. The van der Waals surface area contributed by atoms with Crippen molar-refractivity contribution in [2.75, 3.05) is 20.2 Å². The number of rotatable bonds is 5. The van der Waals surface area contributed by atoms with Crippen molar-refractivity contribution in [1.29, 1.82) is 0 Å². The van der Waals surface area contributed by atoms with Gasteiger partial charge in [0, 0.05) is 25.3 Å². The Kier molecular flexibility index (Phi) is 5.39. The van der Waals surface area contributed by atoms with Crippen LogP contribution in [0.5, 0.6) is 5.75 Å². The standard InChI is InChI=1S/C19H27N3O3S/c1-14-5-6-18(25-4)19(11-14)26(23,24)21-9-7-17(8-10-21)13-22-16(3)12-15(2)20-22/h5-6,11-12,17H,7-10,13H2,1-4H3. The average Bonchev–Trinajstić information content (AvgIpc) is 2.92. The lowest BCUT2D eigenvalue weighted by Gasteiger charge is -2.31. The molecule has 7 heteroatoms. The van der Waals surface area contributed by atoms with Gasteiger partial charge in [0.2, 0.25) is 10.0 Å². The van der Waals surface area contributed by atoms with Gasteiger partial charge in [0.05, 0.1) is 12.8 Å². The topological polar surface area (TPSA) is 64.4 Å². The SMILES string of the molecule is COc1ccc(C)cc1S(=O)(=O)N1CCC(Cn2nc(C)cc2C)CC1. The number of methoxy groups -OCH3 is 1. The zero-order valence-electron chi connectivity index (χ0n) is 15.9. The Hall–Kier alpha value is -1.86. The molecule has 3 rings (SSSR count). The molecule has 0 radical (unpaired) electrons. The van der Waals surface area contributed by atoms with E-state index in [2.05, 4.69) is 18.1 Å². The highest BCUT2D eigenvalue weighted by molar-refractivity contribution is 7.89.